The van der Waals surface area contributed by atoms with Crippen molar-refractivity contribution in [2.45, 2.75) is 12.5 Å². The maximum atomic E-state index is 6.54. The van der Waals surface area contributed by atoms with E-state index in [1.54, 1.807) is 20.3 Å². The average molecular weight is 545 g/mol. The summed E-state index contributed by atoms with van der Waals surface area (Å²) in [6.07, 6.45) is 0.632. The molecule has 0 saturated heterocycles. The SMILES string of the molecule is COc1ccc(C2CC(c3ccc(Cl)cc3Cl)=NN2c2nc(-c3ccc(Cl)cc3)cs2)cc1OC. The smallest absolute Gasteiger partial charge is 0.207 e. The third-order valence-corrected chi connectivity index (χ3v) is 7.40. The molecule has 0 saturated carbocycles. The van der Waals surface area contributed by atoms with Crippen LogP contribution in [0.2, 0.25) is 15.1 Å². The monoisotopic (exact) mass is 543 g/mol. The molecule has 35 heavy (non-hydrogen) atoms. The largest absolute Gasteiger partial charge is 0.493 e. The zero-order valence-electron chi connectivity index (χ0n) is 18.8. The van der Waals surface area contributed by atoms with E-state index in [1.807, 2.05) is 65.0 Å². The molecule has 0 fully saturated rings. The summed E-state index contributed by atoms with van der Waals surface area (Å²) in [4.78, 5) is 4.89. The lowest BCUT2D eigenvalue weighted by Gasteiger charge is -2.22. The van der Waals surface area contributed by atoms with Gasteiger partial charge in [0.1, 0.15) is 0 Å². The molecule has 0 spiro atoms. The van der Waals surface area contributed by atoms with Gasteiger partial charge < -0.3 is 9.47 Å². The first kappa shape index (κ1) is 23.9. The molecule has 0 radical (unpaired) electrons. The van der Waals surface area contributed by atoms with Gasteiger partial charge in [-0.3, -0.25) is 0 Å². The molecule has 2 heterocycles. The molecule has 0 amide bonds. The first-order valence-electron chi connectivity index (χ1n) is 10.7. The van der Waals surface area contributed by atoms with Crippen LogP contribution in [0.1, 0.15) is 23.6 Å². The molecule has 9 heteroatoms. The number of benzene rings is 3. The van der Waals surface area contributed by atoms with Crippen molar-refractivity contribution in [3.05, 3.63) is 92.2 Å². The van der Waals surface area contributed by atoms with E-state index < -0.39 is 0 Å². The van der Waals surface area contributed by atoms with Crippen molar-refractivity contribution in [2.24, 2.45) is 5.10 Å². The summed E-state index contributed by atoms with van der Waals surface area (Å²) in [5.41, 5.74) is 4.58. The van der Waals surface area contributed by atoms with E-state index in [9.17, 15) is 0 Å². The molecular formula is C26H20Cl3N3O2S. The number of anilines is 1. The first-order valence-corrected chi connectivity index (χ1v) is 12.7. The molecule has 0 N–H and O–H groups in total. The van der Waals surface area contributed by atoms with Crippen molar-refractivity contribution in [3.8, 4) is 22.8 Å². The highest BCUT2D eigenvalue weighted by molar-refractivity contribution is 7.14. The lowest BCUT2D eigenvalue weighted by Crippen LogP contribution is -2.18. The number of hydrogen-bond donors (Lipinski definition) is 0. The van der Waals surface area contributed by atoms with Gasteiger partial charge in [0.15, 0.2) is 11.5 Å². The Labute approximate surface area is 222 Å². The second-order valence-electron chi connectivity index (χ2n) is 7.87. The third-order valence-electron chi connectivity index (χ3n) is 5.77. The summed E-state index contributed by atoms with van der Waals surface area (Å²) in [5, 5.41) is 11.5. The van der Waals surface area contributed by atoms with Crippen molar-refractivity contribution in [3.63, 3.8) is 0 Å². The van der Waals surface area contributed by atoms with Gasteiger partial charge in [-0.15, -0.1) is 11.3 Å². The Bertz CT molecular complexity index is 1410. The van der Waals surface area contributed by atoms with Gasteiger partial charge in [-0.2, -0.15) is 5.10 Å². The van der Waals surface area contributed by atoms with E-state index in [1.165, 1.54) is 11.3 Å². The number of hydrogen-bond acceptors (Lipinski definition) is 6. The molecule has 1 aromatic heterocycles. The third kappa shape index (κ3) is 4.84. The van der Waals surface area contributed by atoms with Crippen LogP contribution in [0.25, 0.3) is 11.3 Å². The van der Waals surface area contributed by atoms with E-state index in [-0.39, 0.29) is 6.04 Å². The average Bonchev–Trinajstić information content (AvgIpc) is 3.52. The Morgan fingerprint density at radius 3 is 2.34 bits per heavy atom. The zero-order valence-corrected chi connectivity index (χ0v) is 21.9. The quantitative estimate of drug-likeness (QED) is 0.246. The Morgan fingerprint density at radius 2 is 1.63 bits per heavy atom. The first-order chi connectivity index (χ1) is 17.0. The Balaban J connectivity index is 1.56. The van der Waals surface area contributed by atoms with Gasteiger partial charge in [-0.05, 0) is 42.0 Å². The highest BCUT2D eigenvalue weighted by atomic mass is 35.5. The van der Waals surface area contributed by atoms with E-state index in [2.05, 4.69) is 0 Å². The lowest BCUT2D eigenvalue weighted by molar-refractivity contribution is 0.354. The minimum atomic E-state index is -0.110. The Hall–Kier alpha value is -2.77. The van der Waals surface area contributed by atoms with Crippen LogP contribution in [0, 0.1) is 0 Å². The normalized spacial score (nSPS) is 15.3. The minimum Gasteiger partial charge on any atom is -0.493 e. The van der Waals surface area contributed by atoms with Gasteiger partial charge in [-0.25, -0.2) is 9.99 Å². The molecule has 3 aromatic carbocycles. The predicted molar refractivity (Wildman–Crippen MR) is 145 cm³/mol. The number of hydrazone groups is 1. The number of methoxy groups -OCH3 is 2. The second-order valence-corrected chi connectivity index (χ2v) is 9.99. The van der Waals surface area contributed by atoms with Gasteiger partial charge in [-0.1, -0.05) is 59.1 Å². The van der Waals surface area contributed by atoms with Crippen molar-refractivity contribution in [1.82, 2.24) is 4.98 Å². The van der Waals surface area contributed by atoms with E-state index in [0.717, 1.165) is 33.2 Å². The molecule has 178 valence electrons. The van der Waals surface area contributed by atoms with Crippen LogP contribution in [-0.2, 0) is 0 Å². The molecule has 0 bridgehead atoms. The van der Waals surface area contributed by atoms with Gasteiger partial charge in [0.2, 0.25) is 5.13 Å². The van der Waals surface area contributed by atoms with Gasteiger partial charge in [0.05, 0.1) is 36.7 Å². The van der Waals surface area contributed by atoms with Crippen LogP contribution in [0.4, 0.5) is 5.13 Å². The number of nitrogens with zero attached hydrogens (tertiary/aromatic N) is 3. The van der Waals surface area contributed by atoms with Crippen LogP contribution in [-0.4, -0.2) is 24.9 Å². The van der Waals surface area contributed by atoms with Crippen molar-refractivity contribution in [1.29, 1.82) is 0 Å². The highest BCUT2D eigenvalue weighted by Gasteiger charge is 2.33. The number of ether oxygens (including phenoxy) is 2. The number of aromatic nitrogens is 1. The van der Waals surface area contributed by atoms with Crippen molar-refractivity contribution < 1.29 is 9.47 Å². The molecule has 0 aliphatic carbocycles. The van der Waals surface area contributed by atoms with E-state index in [0.29, 0.717) is 33.0 Å². The molecule has 1 aliphatic heterocycles. The maximum absolute atomic E-state index is 6.54. The fraction of sp³-hybridized carbons (Fsp3) is 0.154. The van der Waals surface area contributed by atoms with Crippen LogP contribution in [0.5, 0.6) is 11.5 Å². The summed E-state index contributed by atoms with van der Waals surface area (Å²) < 4.78 is 11.0. The number of rotatable bonds is 6. The standard InChI is InChI=1S/C26H20Cl3N3O2S/c1-33-24-10-5-16(11-25(24)34-2)23-13-21(19-9-8-18(28)12-20(19)29)31-32(23)26-30-22(14-35-26)15-3-6-17(27)7-4-15/h3-12,14,23H,13H2,1-2H3. The molecule has 1 aliphatic rings. The highest BCUT2D eigenvalue weighted by Crippen LogP contribution is 2.42. The van der Waals surface area contributed by atoms with Gasteiger partial charge in [0.25, 0.3) is 0 Å². The lowest BCUT2D eigenvalue weighted by atomic mass is 9.98. The molecule has 1 unspecified atom stereocenters. The van der Waals surface area contributed by atoms with Gasteiger partial charge in [0, 0.05) is 33.0 Å². The van der Waals surface area contributed by atoms with Gasteiger partial charge >= 0.3 is 0 Å². The summed E-state index contributed by atoms with van der Waals surface area (Å²) >= 11 is 20.3. The summed E-state index contributed by atoms with van der Waals surface area (Å²) in [6, 6.07) is 18.9. The Morgan fingerprint density at radius 1 is 0.886 bits per heavy atom. The Kier molecular flexibility index (Phi) is 6.89. The van der Waals surface area contributed by atoms with Crippen LogP contribution in [0.3, 0.4) is 0 Å². The summed E-state index contributed by atoms with van der Waals surface area (Å²) in [5.74, 6) is 1.32. The fourth-order valence-corrected chi connectivity index (χ4v) is 5.49. The summed E-state index contributed by atoms with van der Waals surface area (Å²) in [6.45, 7) is 0. The minimum absolute atomic E-state index is 0.110. The van der Waals surface area contributed by atoms with Crippen LogP contribution in [0.15, 0.2) is 71.1 Å². The van der Waals surface area contributed by atoms with E-state index >= 15 is 0 Å². The molecule has 5 rings (SSSR count). The summed E-state index contributed by atoms with van der Waals surface area (Å²) in [7, 11) is 3.25. The molecule has 5 nitrogen and oxygen atoms in total. The predicted octanol–water partition coefficient (Wildman–Crippen LogP) is 8.14. The van der Waals surface area contributed by atoms with Crippen LogP contribution >= 0.6 is 46.1 Å². The number of halogens is 3. The molecule has 4 aromatic rings. The van der Waals surface area contributed by atoms with E-state index in [4.69, 9.17) is 54.4 Å². The zero-order chi connectivity index (χ0) is 24.5. The number of thiazole rings is 1. The van der Waals surface area contributed by atoms with Crippen molar-refractivity contribution >= 4 is 57.0 Å². The second kappa shape index (κ2) is 10.1. The maximum Gasteiger partial charge on any atom is 0.207 e. The molecular weight excluding hydrogens is 525 g/mol. The molecule has 1 atom stereocenters. The fourth-order valence-electron chi connectivity index (χ4n) is 4.02. The topological polar surface area (TPSA) is 47.0 Å². The van der Waals surface area contributed by atoms with Crippen molar-refractivity contribution in [2.75, 3.05) is 19.2 Å². The van der Waals surface area contributed by atoms with Crippen LogP contribution < -0.4 is 14.5 Å².